The van der Waals surface area contributed by atoms with Crippen LogP contribution < -0.4 is 15.8 Å². The molecule has 0 aliphatic rings. The first-order valence-electron chi connectivity index (χ1n) is 5.59. The minimum absolute atomic E-state index is 0. The molecular weight excluding hydrogens is 252 g/mol. The maximum atomic E-state index is 11.6. The van der Waals surface area contributed by atoms with Crippen molar-refractivity contribution >= 4 is 18.3 Å². The van der Waals surface area contributed by atoms with Gasteiger partial charge in [0.25, 0.3) is 0 Å². The highest BCUT2D eigenvalue weighted by atomic mass is 35.5. The van der Waals surface area contributed by atoms with E-state index in [0.29, 0.717) is 13.0 Å². The molecule has 3 N–H and O–H groups in total. The monoisotopic (exact) mass is 272 g/mol. The minimum Gasteiger partial charge on any atom is -0.497 e. The van der Waals surface area contributed by atoms with Gasteiger partial charge in [-0.15, -0.1) is 12.4 Å². The minimum atomic E-state index is -0.379. The van der Waals surface area contributed by atoms with Crippen LogP contribution in [0.5, 0.6) is 5.75 Å². The molecule has 1 amide bonds. The summed E-state index contributed by atoms with van der Waals surface area (Å²) in [5.74, 6) is 0.769. The molecule has 0 saturated carbocycles. The highest BCUT2D eigenvalue weighted by Crippen LogP contribution is 2.11. The molecule has 0 heterocycles. The summed E-state index contributed by atoms with van der Waals surface area (Å²) in [6.07, 6.45) is 0.361. The van der Waals surface area contributed by atoms with Crippen molar-refractivity contribution < 1.29 is 9.53 Å². The number of nitrogens with one attached hydrogen (secondary N) is 1. The van der Waals surface area contributed by atoms with Crippen LogP contribution >= 0.6 is 12.4 Å². The molecule has 1 aromatic carbocycles. The van der Waals surface area contributed by atoms with Crippen LogP contribution in [0.4, 0.5) is 0 Å². The molecule has 0 atom stereocenters. The van der Waals surface area contributed by atoms with Gasteiger partial charge >= 0.3 is 0 Å². The van der Waals surface area contributed by atoms with E-state index in [1.807, 2.05) is 38.1 Å². The summed E-state index contributed by atoms with van der Waals surface area (Å²) in [6.45, 7) is 4.23. The lowest BCUT2D eigenvalue weighted by Gasteiger charge is -2.18. The third-order valence-corrected chi connectivity index (χ3v) is 2.26. The van der Waals surface area contributed by atoms with Gasteiger partial charge in [-0.25, -0.2) is 0 Å². The largest absolute Gasteiger partial charge is 0.497 e. The second kappa shape index (κ2) is 7.24. The molecule has 102 valence electrons. The summed E-state index contributed by atoms with van der Waals surface area (Å²) >= 11 is 0. The van der Waals surface area contributed by atoms with Crippen LogP contribution in [-0.4, -0.2) is 25.1 Å². The summed E-state index contributed by atoms with van der Waals surface area (Å²) in [7, 11) is 1.62. The van der Waals surface area contributed by atoms with E-state index in [0.717, 1.165) is 11.3 Å². The van der Waals surface area contributed by atoms with Crippen molar-refractivity contribution in [1.29, 1.82) is 0 Å². The van der Waals surface area contributed by atoms with Gasteiger partial charge in [-0.3, -0.25) is 4.79 Å². The quantitative estimate of drug-likeness (QED) is 0.854. The molecule has 1 aromatic rings. The number of rotatable bonds is 5. The molecule has 0 aliphatic heterocycles. The van der Waals surface area contributed by atoms with Crippen LogP contribution in [0.1, 0.15) is 19.4 Å². The number of hydrogen-bond acceptors (Lipinski definition) is 3. The van der Waals surface area contributed by atoms with E-state index >= 15 is 0 Å². The van der Waals surface area contributed by atoms with Crippen LogP contribution in [0.2, 0.25) is 0 Å². The number of nitrogens with two attached hydrogens (primary N) is 1. The molecular formula is C13H21ClN2O2. The third kappa shape index (κ3) is 6.47. The Bertz CT molecular complexity index is 372. The van der Waals surface area contributed by atoms with Crippen molar-refractivity contribution in [3.05, 3.63) is 29.8 Å². The molecule has 0 unspecified atom stereocenters. The number of carbonyl (C=O) groups excluding carboxylic acids is 1. The highest BCUT2D eigenvalue weighted by Gasteiger charge is 2.12. The van der Waals surface area contributed by atoms with Gasteiger partial charge in [0.15, 0.2) is 0 Å². The van der Waals surface area contributed by atoms with Gasteiger partial charge in [-0.1, -0.05) is 12.1 Å². The number of amides is 1. The maximum Gasteiger partial charge on any atom is 0.224 e. The summed E-state index contributed by atoms with van der Waals surface area (Å²) in [4.78, 5) is 11.6. The number of benzene rings is 1. The van der Waals surface area contributed by atoms with E-state index in [9.17, 15) is 4.79 Å². The van der Waals surface area contributed by atoms with Gasteiger partial charge in [0, 0.05) is 12.1 Å². The normalized spacial score (nSPS) is 10.4. The Labute approximate surface area is 114 Å². The van der Waals surface area contributed by atoms with Gasteiger partial charge in [0.2, 0.25) is 5.91 Å². The number of carbonyl (C=O) groups is 1. The van der Waals surface area contributed by atoms with Gasteiger partial charge < -0.3 is 15.8 Å². The molecule has 0 fully saturated rings. The Kier molecular flexibility index (Phi) is 6.73. The maximum absolute atomic E-state index is 11.6. The Morgan fingerprint density at radius 2 is 1.89 bits per heavy atom. The standard InChI is InChI=1S/C13H20N2O2.ClH/c1-13(2,14)9-15-12(16)8-10-4-6-11(17-3)7-5-10;/h4-7H,8-9,14H2,1-3H3,(H,15,16);1H. The van der Waals surface area contributed by atoms with Gasteiger partial charge in [0.1, 0.15) is 5.75 Å². The molecule has 1 rings (SSSR count). The summed E-state index contributed by atoms with van der Waals surface area (Å²) in [5, 5.41) is 2.80. The lowest BCUT2D eigenvalue weighted by molar-refractivity contribution is -0.120. The van der Waals surface area contributed by atoms with Crippen LogP contribution in [0.25, 0.3) is 0 Å². The lowest BCUT2D eigenvalue weighted by atomic mass is 10.1. The van der Waals surface area contributed by atoms with Crippen LogP contribution in [0.3, 0.4) is 0 Å². The smallest absolute Gasteiger partial charge is 0.224 e. The second-order valence-electron chi connectivity index (χ2n) is 4.79. The first kappa shape index (κ1) is 16.7. The molecule has 0 aromatic heterocycles. The first-order valence-corrected chi connectivity index (χ1v) is 5.59. The molecule has 0 bridgehead atoms. The fraction of sp³-hybridized carbons (Fsp3) is 0.462. The molecule has 0 aliphatic carbocycles. The molecule has 0 saturated heterocycles. The predicted octanol–water partition coefficient (Wildman–Crippen LogP) is 1.51. The van der Waals surface area contributed by atoms with Gasteiger partial charge in [-0.2, -0.15) is 0 Å². The zero-order valence-corrected chi connectivity index (χ0v) is 11.8. The van der Waals surface area contributed by atoms with E-state index in [1.165, 1.54) is 0 Å². The van der Waals surface area contributed by atoms with Crippen LogP contribution in [0, 0.1) is 0 Å². The van der Waals surface area contributed by atoms with Crippen molar-refractivity contribution in [3.8, 4) is 5.75 Å². The summed E-state index contributed by atoms with van der Waals surface area (Å²) in [6, 6.07) is 7.45. The van der Waals surface area contributed by atoms with Crippen molar-refractivity contribution in [2.75, 3.05) is 13.7 Å². The number of methoxy groups -OCH3 is 1. The van der Waals surface area contributed by atoms with Gasteiger partial charge in [0.05, 0.1) is 13.5 Å². The van der Waals surface area contributed by atoms with Crippen molar-refractivity contribution in [1.82, 2.24) is 5.32 Å². The van der Waals surface area contributed by atoms with E-state index in [4.69, 9.17) is 10.5 Å². The number of ether oxygens (including phenoxy) is 1. The Morgan fingerprint density at radius 1 is 1.33 bits per heavy atom. The van der Waals surface area contributed by atoms with Crippen LogP contribution in [-0.2, 0) is 11.2 Å². The average Bonchev–Trinajstić information content (AvgIpc) is 2.27. The molecule has 0 spiro atoms. The predicted molar refractivity (Wildman–Crippen MR) is 75.2 cm³/mol. The molecule has 18 heavy (non-hydrogen) atoms. The lowest BCUT2D eigenvalue weighted by Crippen LogP contribution is -2.45. The Balaban J connectivity index is 0.00000289. The van der Waals surface area contributed by atoms with Crippen molar-refractivity contribution in [3.63, 3.8) is 0 Å². The van der Waals surface area contributed by atoms with Crippen LogP contribution in [0.15, 0.2) is 24.3 Å². The average molecular weight is 273 g/mol. The molecule has 4 nitrogen and oxygen atoms in total. The fourth-order valence-electron chi connectivity index (χ4n) is 1.32. The Hall–Kier alpha value is -1.26. The Morgan fingerprint density at radius 3 is 2.33 bits per heavy atom. The molecule has 5 heteroatoms. The topological polar surface area (TPSA) is 64.3 Å². The summed E-state index contributed by atoms with van der Waals surface area (Å²) in [5.41, 5.74) is 6.36. The zero-order chi connectivity index (χ0) is 12.9. The van der Waals surface area contributed by atoms with E-state index in [-0.39, 0.29) is 23.9 Å². The third-order valence-electron chi connectivity index (χ3n) is 2.26. The van der Waals surface area contributed by atoms with Crippen molar-refractivity contribution in [2.24, 2.45) is 5.73 Å². The summed E-state index contributed by atoms with van der Waals surface area (Å²) < 4.78 is 5.05. The first-order chi connectivity index (χ1) is 7.90. The van der Waals surface area contributed by atoms with E-state index in [2.05, 4.69) is 5.32 Å². The zero-order valence-electron chi connectivity index (χ0n) is 11.0. The highest BCUT2D eigenvalue weighted by molar-refractivity contribution is 5.85. The van der Waals surface area contributed by atoms with E-state index < -0.39 is 0 Å². The second-order valence-corrected chi connectivity index (χ2v) is 4.79. The van der Waals surface area contributed by atoms with E-state index in [1.54, 1.807) is 7.11 Å². The number of halogens is 1. The number of hydrogen-bond donors (Lipinski definition) is 2. The fourth-order valence-corrected chi connectivity index (χ4v) is 1.32. The van der Waals surface area contributed by atoms with Gasteiger partial charge in [-0.05, 0) is 31.5 Å². The van der Waals surface area contributed by atoms with Crippen molar-refractivity contribution in [2.45, 2.75) is 25.8 Å². The molecule has 0 radical (unpaired) electrons. The SMILES string of the molecule is COc1ccc(CC(=O)NCC(C)(C)N)cc1.Cl.